The molecule has 8 bridgehead atoms. The molecule has 15 heteroatoms. The van der Waals surface area contributed by atoms with Crippen molar-refractivity contribution in [2.45, 2.75) is 114 Å². The quantitative estimate of drug-likeness (QED) is 0.113. The molecule has 1 aromatic carbocycles. The summed E-state index contributed by atoms with van der Waals surface area (Å²) in [5, 5.41) is 73.8. The minimum Gasteiger partial charge on any atom is -0.504 e. The summed E-state index contributed by atoms with van der Waals surface area (Å²) in [6.07, 6.45) is 0.811. The van der Waals surface area contributed by atoms with Crippen molar-refractivity contribution in [3.8, 4) is 23.3 Å². The number of carbonyl (C=O) groups excluding carboxylic acids is 1. The van der Waals surface area contributed by atoms with E-state index in [2.05, 4.69) is 37.3 Å². The van der Waals surface area contributed by atoms with E-state index in [0.717, 1.165) is 58.3 Å². The van der Waals surface area contributed by atoms with Gasteiger partial charge in [-0.05, 0) is 87.4 Å². The molecule has 0 radical (unpaired) electrons. The van der Waals surface area contributed by atoms with Crippen LogP contribution in [-0.4, -0.2) is 141 Å². The minimum absolute atomic E-state index is 0.0224. The van der Waals surface area contributed by atoms with Crippen LogP contribution in [0, 0.1) is 40.9 Å². The summed E-state index contributed by atoms with van der Waals surface area (Å²) < 4.78 is 12.4. The van der Waals surface area contributed by atoms with E-state index in [1.807, 2.05) is 0 Å². The van der Waals surface area contributed by atoms with E-state index in [1.54, 1.807) is 6.07 Å². The van der Waals surface area contributed by atoms with Crippen LogP contribution in [0.2, 0.25) is 0 Å². The summed E-state index contributed by atoms with van der Waals surface area (Å²) in [5.74, 6) is 6.64. The largest absolute Gasteiger partial charge is 0.504 e. The van der Waals surface area contributed by atoms with E-state index in [-0.39, 0.29) is 86.1 Å². The number of fused-ring (bicyclic) bond motifs is 9. The van der Waals surface area contributed by atoms with Crippen LogP contribution < -0.4 is 21.1 Å². The van der Waals surface area contributed by atoms with Gasteiger partial charge in [-0.25, -0.2) is 4.99 Å². The van der Waals surface area contributed by atoms with Crippen molar-refractivity contribution < 1.29 is 44.9 Å². The topological polar surface area (TPSA) is 226 Å². The minimum atomic E-state index is -1.90. The number of phenols is 1. The highest BCUT2D eigenvalue weighted by Gasteiger charge is 2.46. The number of phenolic OH excluding ortho intramolecular Hbond substituents is 1. The van der Waals surface area contributed by atoms with Crippen LogP contribution in [0.4, 0.5) is 0 Å². The summed E-state index contributed by atoms with van der Waals surface area (Å²) in [5.41, 5.74) is 5.99. The fourth-order valence-corrected chi connectivity index (χ4v) is 10.5. The Bertz CT molecular complexity index is 1640. The predicted octanol–water partition coefficient (Wildman–Crippen LogP) is 0.151. The van der Waals surface area contributed by atoms with Crippen molar-refractivity contribution in [2.75, 3.05) is 52.5 Å². The molecule has 6 heterocycles. The number of piperidine rings is 3. The zero-order valence-corrected chi connectivity index (χ0v) is 32.6. The van der Waals surface area contributed by atoms with Gasteiger partial charge in [-0.1, -0.05) is 18.3 Å². The Balaban J connectivity index is 1.33. The average molecular weight is 783 g/mol. The average Bonchev–Trinajstić information content (AvgIpc) is 3.16. The molecule has 13 atom stereocenters. The van der Waals surface area contributed by atoms with Crippen molar-refractivity contribution in [1.82, 2.24) is 20.4 Å². The third-order valence-corrected chi connectivity index (χ3v) is 13.4. The fourth-order valence-electron chi connectivity index (χ4n) is 10.5. The number of nitrogens with two attached hydrogens (primary N) is 1. The smallest absolute Gasteiger partial charge is 0.302 e. The number of nitrogens with one attached hydrogen (secondary N) is 2. The molecular formula is C41H62N6O9. The first-order valence-corrected chi connectivity index (χ1v) is 20.7. The third-order valence-electron chi connectivity index (χ3n) is 13.4. The number of hydrogen-bond acceptors (Lipinski definition) is 15. The van der Waals surface area contributed by atoms with Gasteiger partial charge in [0.25, 0.3) is 0 Å². The van der Waals surface area contributed by atoms with Crippen LogP contribution in [0.15, 0.2) is 17.1 Å². The normalized spacial score (nSPS) is 39.2. The second-order valence-corrected chi connectivity index (χ2v) is 17.4. The van der Waals surface area contributed by atoms with Crippen LogP contribution in [0.25, 0.3) is 0 Å². The Morgan fingerprint density at radius 1 is 1.12 bits per heavy atom. The molecule has 56 heavy (non-hydrogen) atoms. The summed E-state index contributed by atoms with van der Waals surface area (Å²) in [6.45, 7) is 5.34. The highest BCUT2D eigenvalue weighted by molar-refractivity contribution is 5.77. The van der Waals surface area contributed by atoms with Crippen molar-refractivity contribution in [1.29, 1.82) is 0 Å². The molecule has 8 rings (SSSR count). The number of aliphatic imine (C=N–C) groups is 1. The maximum atomic E-state index is 12.7. The Hall–Kier alpha value is -3.20. The number of nitrogens with zero attached hydrogens (tertiary/aromatic N) is 3. The molecule has 310 valence electrons. The second kappa shape index (κ2) is 17.7. The van der Waals surface area contributed by atoms with E-state index < -0.39 is 47.8 Å². The zero-order valence-electron chi connectivity index (χ0n) is 32.6. The fraction of sp³-hybridized carbons (Fsp3) is 0.756. The lowest BCUT2D eigenvalue weighted by Crippen LogP contribution is -2.61. The molecule has 1 aliphatic carbocycles. The van der Waals surface area contributed by atoms with Gasteiger partial charge in [0, 0.05) is 75.6 Å². The standard InChI is InChI=1S/C41H62N6O9/c1-24(49)55-36-15-30(50)6-9-41(22-44-40(42)45-23-46-17-25-11-28(19-46)34(21-48)47(18-25)20-38(41)52)8-5-26-3-2-4-29-14-31(7-10-43-29)56-37-13-27(12-32(26)36)33(39(53)54)16-35(37)51/h13,16,25-26,28-32,34,36,38-39,43,48,50-54H,2-4,6-7,9-12,14-15,17-23H2,1H3,(H3,42,44,45)/t25-,26+,28+,29-,30+,31-,32-,34-,36+,38+,41-/m1/s1. The predicted molar refractivity (Wildman–Crippen MR) is 207 cm³/mol. The summed E-state index contributed by atoms with van der Waals surface area (Å²) in [4.78, 5) is 21.9. The van der Waals surface area contributed by atoms with Crippen LogP contribution in [0.1, 0.15) is 82.1 Å². The Morgan fingerprint density at radius 2 is 1.96 bits per heavy atom. The lowest BCUT2D eigenvalue weighted by Gasteiger charge is -2.51. The van der Waals surface area contributed by atoms with Gasteiger partial charge in [-0.15, -0.1) is 0 Å². The first-order valence-electron chi connectivity index (χ1n) is 20.7. The molecule has 6 aliphatic heterocycles. The van der Waals surface area contributed by atoms with Crippen LogP contribution in [-0.2, 0) is 16.0 Å². The van der Waals surface area contributed by atoms with E-state index in [9.17, 15) is 35.4 Å². The number of ether oxygens (including phenoxy) is 2. The lowest BCUT2D eigenvalue weighted by molar-refractivity contribution is -0.152. The van der Waals surface area contributed by atoms with Crippen molar-refractivity contribution in [2.24, 2.45) is 39.8 Å². The summed E-state index contributed by atoms with van der Waals surface area (Å²) in [6, 6.07) is 3.02. The van der Waals surface area contributed by atoms with Crippen molar-refractivity contribution in [3.05, 3.63) is 23.3 Å². The summed E-state index contributed by atoms with van der Waals surface area (Å²) >= 11 is 0. The first kappa shape index (κ1) is 41.0. The molecule has 3 fully saturated rings. The van der Waals surface area contributed by atoms with Gasteiger partial charge in [0.05, 0.1) is 30.9 Å². The van der Waals surface area contributed by atoms with Crippen molar-refractivity contribution >= 4 is 11.9 Å². The van der Waals surface area contributed by atoms with Gasteiger partial charge in [-0.2, -0.15) is 0 Å². The molecule has 0 saturated carbocycles. The van der Waals surface area contributed by atoms with Crippen LogP contribution in [0.3, 0.4) is 0 Å². The number of aliphatic hydroxyl groups is 5. The van der Waals surface area contributed by atoms with Gasteiger partial charge in [0.2, 0.25) is 0 Å². The molecule has 0 aromatic heterocycles. The highest BCUT2D eigenvalue weighted by atomic mass is 16.5. The van der Waals surface area contributed by atoms with E-state index in [4.69, 9.17) is 15.2 Å². The lowest BCUT2D eigenvalue weighted by atomic mass is 9.72. The number of carbonyl (C=O) groups is 1. The first-order chi connectivity index (χ1) is 26.9. The molecular weight excluding hydrogens is 720 g/mol. The second-order valence-electron chi connectivity index (χ2n) is 17.4. The molecule has 0 amide bonds. The van der Waals surface area contributed by atoms with Gasteiger partial charge in [-0.3, -0.25) is 14.6 Å². The van der Waals surface area contributed by atoms with Gasteiger partial charge in [0.15, 0.2) is 23.7 Å². The maximum Gasteiger partial charge on any atom is 0.302 e. The van der Waals surface area contributed by atoms with E-state index >= 15 is 0 Å². The number of benzene rings is 1. The maximum absolute atomic E-state index is 12.7. The molecule has 3 saturated heterocycles. The van der Waals surface area contributed by atoms with Crippen molar-refractivity contribution in [3.63, 3.8) is 0 Å². The van der Waals surface area contributed by atoms with Gasteiger partial charge >= 0.3 is 5.97 Å². The number of esters is 1. The molecule has 1 spiro atoms. The monoisotopic (exact) mass is 782 g/mol. The number of hydrogen-bond donors (Lipinski definition) is 9. The molecule has 7 aliphatic rings. The van der Waals surface area contributed by atoms with Gasteiger partial charge in [0.1, 0.15) is 12.2 Å². The number of aromatic hydroxyl groups is 1. The SMILES string of the molecule is CC(=O)O[C@H]1C[C@@H](O)CC[C@]2(C#C[C@@H]3CCC[C@@H]4C[C@@H](CCN4)Oc4cc(c(C(O)O)cc4O)C[C@H]31)CNC(N)=NCN1C[C@H]3C[C@@H](C1)[C@@H](CO)N(C3)C[C@@H]2O. The molecule has 1 aromatic rings. The van der Waals surface area contributed by atoms with Crippen LogP contribution >= 0.6 is 0 Å². The highest BCUT2D eigenvalue weighted by Crippen LogP contribution is 2.41. The Kier molecular flexibility index (Phi) is 13.0. The number of rotatable bonds is 3. The van der Waals surface area contributed by atoms with E-state index in [1.165, 1.54) is 13.0 Å². The third kappa shape index (κ3) is 9.40. The number of guanidine groups is 1. The number of aliphatic hydroxyl groups excluding tert-OH is 4. The van der Waals surface area contributed by atoms with E-state index in [0.29, 0.717) is 31.0 Å². The molecule has 2 unspecified atom stereocenters. The molecule has 15 nitrogen and oxygen atoms in total. The Morgan fingerprint density at radius 3 is 2.75 bits per heavy atom. The summed E-state index contributed by atoms with van der Waals surface area (Å²) in [7, 11) is 0. The molecule has 10 N–H and O–H groups in total. The van der Waals surface area contributed by atoms with Crippen LogP contribution in [0.5, 0.6) is 11.5 Å². The van der Waals surface area contributed by atoms with Gasteiger partial charge < -0.3 is 56.5 Å². The zero-order chi connectivity index (χ0) is 39.6. The Labute approximate surface area is 329 Å².